The second-order valence-corrected chi connectivity index (χ2v) is 6.43. The van der Waals surface area contributed by atoms with Crippen molar-refractivity contribution in [2.45, 2.75) is 24.8 Å². The van der Waals surface area contributed by atoms with Gasteiger partial charge in [-0.2, -0.15) is 4.98 Å². The second kappa shape index (κ2) is 7.09. The fourth-order valence-corrected chi connectivity index (χ4v) is 2.50. The molecule has 4 N–H and O–H groups in total. The number of rotatable bonds is 6. The standard InChI is InChI=1S/C10H15N6O6P/c11-8-1-2-16(10(17)13-8)9-3-6(14-15-12)7(22-9)4-21-5-23(18,19)20/h1-2,6-7,9H,3-5H2,(H2,11,13,17)(H2,18,19,20)/t6-,7-,9-/m0/s1. The Morgan fingerprint density at radius 1 is 1.65 bits per heavy atom. The number of azide groups is 1. The van der Waals surface area contributed by atoms with E-state index in [0.29, 0.717) is 0 Å². The van der Waals surface area contributed by atoms with Crippen LogP contribution in [0, 0.1) is 0 Å². The number of ether oxygens (including phenoxy) is 2. The van der Waals surface area contributed by atoms with Crippen LogP contribution in [0.4, 0.5) is 5.82 Å². The molecule has 1 aliphatic rings. The lowest BCUT2D eigenvalue weighted by Gasteiger charge is -2.16. The number of hydrogen-bond acceptors (Lipinski definition) is 7. The van der Waals surface area contributed by atoms with Gasteiger partial charge in [0, 0.05) is 17.5 Å². The van der Waals surface area contributed by atoms with E-state index >= 15 is 0 Å². The van der Waals surface area contributed by atoms with Gasteiger partial charge in [0.2, 0.25) is 0 Å². The van der Waals surface area contributed by atoms with Gasteiger partial charge in [0.25, 0.3) is 0 Å². The lowest BCUT2D eigenvalue weighted by Crippen LogP contribution is -2.28. The third kappa shape index (κ3) is 4.76. The first-order valence-corrected chi connectivity index (χ1v) is 8.26. The lowest BCUT2D eigenvalue weighted by atomic mass is 10.1. The average molecular weight is 346 g/mol. The van der Waals surface area contributed by atoms with Gasteiger partial charge in [-0.15, -0.1) is 0 Å². The van der Waals surface area contributed by atoms with Crippen LogP contribution in [-0.2, 0) is 14.0 Å². The molecule has 1 aromatic heterocycles. The minimum atomic E-state index is -4.30. The summed E-state index contributed by atoms with van der Waals surface area (Å²) in [6, 6.07) is 0.775. The summed E-state index contributed by atoms with van der Waals surface area (Å²) in [7, 11) is -4.30. The van der Waals surface area contributed by atoms with Gasteiger partial charge in [-0.1, -0.05) is 5.11 Å². The van der Waals surface area contributed by atoms with Gasteiger partial charge in [0.1, 0.15) is 18.4 Å². The zero-order valence-corrected chi connectivity index (χ0v) is 12.7. The van der Waals surface area contributed by atoms with E-state index < -0.39 is 38.0 Å². The van der Waals surface area contributed by atoms with Crippen LogP contribution in [0.2, 0.25) is 0 Å². The minimum absolute atomic E-state index is 0.0670. The zero-order valence-electron chi connectivity index (χ0n) is 11.8. The SMILES string of the molecule is [N-]=[N+]=N[C@H]1C[C@@H](n2ccc(N)nc2=O)O[C@H]1COCP(=O)(O)O. The van der Waals surface area contributed by atoms with E-state index in [9.17, 15) is 9.36 Å². The first kappa shape index (κ1) is 17.4. The molecule has 1 aliphatic heterocycles. The Kier molecular flexibility index (Phi) is 5.37. The maximum atomic E-state index is 11.8. The second-order valence-electron chi connectivity index (χ2n) is 4.84. The van der Waals surface area contributed by atoms with E-state index in [1.54, 1.807) is 0 Å². The van der Waals surface area contributed by atoms with Crippen molar-refractivity contribution in [2.24, 2.45) is 5.11 Å². The first-order valence-electron chi connectivity index (χ1n) is 6.47. The highest BCUT2D eigenvalue weighted by Crippen LogP contribution is 2.35. The molecule has 0 unspecified atom stereocenters. The molecule has 0 radical (unpaired) electrons. The Labute approximate surface area is 129 Å². The molecule has 0 spiro atoms. The summed E-state index contributed by atoms with van der Waals surface area (Å²) in [6.07, 6.45) is -0.660. The van der Waals surface area contributed by atoms with E-state index in [1.807, 2.05) is 0 Å². The van der Waals surface area contributed by atoms with E-state index in [0.717, 1.165) is 0 Å². The lowest BCUT2D eigenvalue weighted by molar-refractivity contribution is -0.0401. The largest absolute Gasteiger partial charge is 0.383 e. The molecule has 0 amide bonds. The maximum absolute atomic E-state index is 11.8. The Balaban J connectivity index is 2.09. The highest BCUT2D eigenvalue weighted by molar-refractivity contribution is 7.51. The highest BCUT2D eigenvalue weighted by Gasteiger charge is 2.36. The van der Waals surface area contributed by atoms with Crippen LogP contribution in [0.15, 0.2) is 22.2 Å². The number of anilines is 1. The van der Waals surface area contributed by atoms with E-state index in [4.69, 9.17) is 30.5 Å². The van der Waals surface area contributed by atoms with Crippen LogP contribution < -0.4 is 11.4 Å². The number of aromatic nitrogens is 2. The molecule has 1 fully saturated rings. The molecule has 2 heterocycles. The topological polar surface area (TPSA) is 186 Å². The first-order chi connectivity index (χ1) is 10.8. The van der Waals surface area contributed by atoms with Crippen molar-refractivity contribution in [1.29, 1.82) is 0 Å². The highest BCUT2D eigenvalue weighted by atomic mass is 31.2. The number of nitrogens with two attached hydrogens (primary N) is 1. The van der Waals surface area contributed by atoms with Crippen molar-refractivity contribution in [1.82, 2.24) is 9.55 Å². The van der Waals surface area contributed by atoms with E-state index in [-0.39, 0.29) is 18.8 Å². The summed E-state index contributed by atoms with van der Waals surface area (Å²) < 4.78 is 22.4. The van der Waals surface area contributed by atoms with Gasteiger partial charge in [-0.3, -0.25) is 9.13 Å². The Morgan fingerprint density at radius 2 is 2.39 bits per heavy atom. The molecule has 0 saturated carbocycles. The predicted octanol–water partition coefficient (Wildman–Crippen LogP) is -0.0563. The molecule has 13 heteroatoms. The van der Waals surface area contributed by atoms with Crippen molar-refractivity contribution >= 4 is 13.4 Å². The van der Waals surface area contributed by atoms with Crippen LogP contribution in [0.3, 0.4) is 0 Å². The van der Waals surface area contributed by atoms with Crippen LogP contribution in [0.5, 0.6) is 0 Å². The van der Waals surface area contributed by atoms with Gasteiger partial charge < -0.3 is 25.0 Å². The monoisotopic (exact) mass is 346 g/mol. The van der Waals surface area contributed by atoms with Crippen molar-refractivity contribution in [3.05, 3.63) is 33.2 Å². The van der Waals surface area contributed by atoms with Crippen molar-refractivity contribution < 1.29 is 23.8 Å². The van der Waals surface area contributed by atoms with Crippen LogP contribution in [-0.4, -0.2) is 44.4 Å². The van der Waals surface area contributed by atoms with E-state index in [1.165, 1.54) is 16.8 Å². The summed E-state index contributed by atoms with van der Waals surface area (Å²) in [4.78, 5) is 35.6. The van der Waals surface area contributed by atoms with Gasteiger partial charge >= 0.3 is 13.3 Å². The number of nitrogen functional groups attached to an aromatic ring is 1. The van der Waals surface area contributed by atoms with Gasteiger partial charge in [-0.05, 0) is 11.6 Å². The molecule has 0 aromatic carbocycles. The molecular weight excluding hydrogens is 331 g/mol. The van der Waals surface area contributed by atoms with E-state index in [2.05, 4.69) is 15.0 Å². The van der Waals surface area contributed by atoms with Crippen LogP contribution >= 0.6 is 7.60 Å². The molecule has 126 valence electrons. The molecule has 0 aliphatic carbocycles. The quantitative estimate of drug-likeness (QED) is 0.276. The zero-order chi connectivity index (χ0) is 17.0. The Bertz CT molecular complexity index is 712. The fraction of sp³-hybridized carbons (Fsp3) is 0.600. The molecular formula is C10H15N6O6P. The minimum Gasteiger partial charge on any atom is -0.383 e. The summed E-state index contributed by atoms with van der Waals surface area (Å²) in [5, 5.41) is 3.56. The maximum Gasteiger partial charge on any atom is 0.351 e. The summed E-state index contributed by atoms with van der Waals surface area (Å²) in [6.45, 7) is -0.192. The molecule has 1 saturated heterocycles. The molecule has 12 nitrogen and oxygen atoms in total. The third-order valence-electron chi connectivity index (χ3n) is 3.11. The molecule has 23 heavy (non-hydrogen) atoms. The summed E-state index contributed by atoms with van der Waals surface area (Å²) in [5.74, 6) is 0.0670. The van der Waals surface area contributed by atoms with Gasteiger partial charge in [0.15, 0.2) is 0 Å². The molecule has 3 atom stereocenters. The van der Waals surface area contributed by atoms with Crippen molar-refractivity contribution in [2.75, 3.05) is 18.7 Å². The summed E-state index contributed by atoms with van der Waals surface area (Å²) in [5.41, 5.74) is 13.4. The predicted molar refractivity (Wildman–Crippen MR) is 77.2 cm³/mol. The number of hydrogen-bond donors (Lipinski definition) is 3. The molecule has 2 rings (SSSR count). The van der Waals surface area contributed by atoms with Gasteiger partial charge in [0.05, 0.1) is 18.8 Å². The van der Waals surface area contributed by atoms with Crippen molar-refractivity contribution in [3.63, 3.8) is 0 Å². The Morgan fingerprint density at radius 3 is 3.00 bits per heavy atom. The normalized spacial score (nSPS) is 24.3. The van der Waals surface area contributed by atoms with Gasteiger partial charge in [-0.25, -0.2) is 4.79 Å². The molecule has 1 aromatic rings. The Hall–Kier alpha value is -1.94. The third-order valence-corrected chi connectivity index (χ3v) is 3.63. The van der Waals surface area contributed by atoms with Crippen molar-refractivity contribution in [3.8, 4) is 0 Å². The number of nitrogens with zero attached hydrogens (tertiary/aromatic N) is 5. The fourth-order valence-electron chi connectivity index (χ4n) is 2.16. The molecule has 0 bridgehead atoms. The summed E-state index contributed by atoms with van der Waals surface area (Å²) >= 11 is 0. The van der Waals surface area contributed by atoms with Crippen LogP contribution in [0.25, 0.3) is 10.4 Å². The average Bonchev–Trinajstić information content (AvgIpc) is 2.81. The smallest absolute Gasteiger partial charge is 0.351 e. The van der Waals surface area contributed by atoms with Crippen LogP contribution in [0.1, 0.15) is 12.6 Å².